The van der Waals surface area contributed by atoms with Crippen LogP contribution in [0.25, 0.3) is 0 Å². The van der Waals surface area contributed by atoms with E-state index in [1.807, 2.05) is 12.1 Å². The summed E-state index contributed by atoms with van der Waals surface area (Å²) in [6.07, 6.45) is 2.34. The van der Waals surface area contributed by atoms with Gasteiger partial charge in [0.15, 0.2) is 5.11 Å². The molecular formula is C20H31N3OS. The number of thiocarbonyl (C=S) groups is 1. The molecule has 0 aliphatic carbocycles. The molecule has 2 rings (SSSR count). The van der Waals surface area contributed by atoms with Crippen LogP contribution in [0.2, 0.25) is 0 Å². The van der Waals surface area contributed by atoms with E-state index in [0.29, 0.717) is 18.4 Å². The molecule has 2 N–H and O–H groups in total. The monoisotopic (exact) mass is 361 g/mol. The number of carbonyl (C=O) groups is 1. The van der Waals surface area contributed by atoms with Crippen molar-refractivity contribution in [3.05, 3.63) is 29.8 Å². The van der Waals surface area contributed by atoms with Gasteiger partial charge in [-0.15, -0.1) is 0 Å². The number of rotatable bonds is 6. The Kier molecular flexibility index (Phi) is 6.44. The Labute approximate surface area is 157 Å². The van der Waals surface area contributed by atoms with Gasteiger partial charge in [-0.25, -0.2) is 0 Å². The van der Waals surface area contributed by atoms with E-state index < -0.39 is 0 Å². The molecule has 0 unspecified atom stereocenters. The Hall–Kier alpha value is -1.62. The molecule has 0 spiro atoms. The largest absolute Gasteiger partial charge is 0.358 e. The highest BCUT2D eigenvalue weighted by Crippen LogP contribution is 2.22. The van der Waals surface area contributed by atoms with Gasteiger partial charge in [0.25, 0.3) is 0 Å². The second kappa shape index (κ2) is 8.17. The van der Waals surface area contributed by atoms with Crippen molar-refractivity contribution in [1.82, 2.24) is 10.2 Å². The van der Waals surface area contributed by atoms with Gasteiger partial charge in [-0.05, 0) is 69.4 Å². The highest BCUT2D eigenvalue weighted by molar-refractivity contribution is 7.80. The molecule has 1 atom stereocenters. The predicted molar refractivity (Wildman–Crippen MR) is 109 cm³/mol. The molecule has 138 valence electrons. The van der Waals surface area contributed by atoms with Crippen LogP contribution in [-0.4, -0.2) is 34.0 Å². The normalized spacial score (nSPS) is 19.7. The zero-order valence-corrected chi connectivity index (χ0v) is 16.9. The van der Waals surface area contributed by atoms with Crippen LogP contribution in [0.5, 0.6) is 0 Å². The first kappa shape index (κ1) is 19.7. The fourth-order valence-corrected chi connectivity index (χ4v) is 3.92. The summed E-state index contributed by atoms with van der Waals surface area (Å²) in [6.45, 7) is 11.7. The molecule has 0 saturated carbocycles. The molecule has 1 aliphatic heterocycles. The molecule has 0 aromatic heterocycles. The average Bonchev–Trinajstić information content (AvgIpc) is 2.49. The second-order valence-electron chi connectivity index (χ2n) is 7.99. The maximum Gasteiger partial charge on any atom is 0.224 e. The maximum absolute atomic E-state index is 12.2. The minimum absolute atomic E-state index is 0.0481. The fraction of sp³-hybridized carbons (Fsp3) is 0.600. The van der Waals surface area contributed by atoms with E-state index in [1.165, 1.54) is 5.56 Å². The lowest BCUT2D eigenvalue weighted by Gasteiger charge is -2.44. The van der Waals surface area contributed by atoms with Gasteiger partial charge in [-0.1, -0.05) is 26.0 Å². The molecule has 4 nitrogen and oxygen atoms in total. The summed E-state index contributed by atoms with van der Waals surface area (Å²) in [4.78, 5) is 14.4. The standard InChI is InChI=1S/C20H31N3OS/c1-14(2)16-8-10-17(11-9-16)21-18(24)7-6-12-23-15(3)13-20(4,5)22-19(23)25/h8-11,14-15H,6-7,12-13H2,1-5H3,(H,21,24)(H,22,25)/t15-/m1/s1. The highest BCUT2D eigenvalue weighted by atomic mass is 32.1. The van der Waals surface area contributed by atoms with Crippen molar-refractivity contribution in [2.75, 3.05) is 11.9 Å². The number of hydrogen-bond acceptors (Lipinski definition) is 2. The van der Waals surface area contributed by atoms with Gasteiger partial charge in [0.1, 0.15) is 0 Å². The van der Waals surface area contributed by atoms with Crippen molar-refractivity contribution in [1.29, 1.82) is 0 Å². The lowest BCUT2D eigenvalue weighted by atomic mass is 9.93. The summed E-state index contributed by atoms with van der Waals surface area (Å²) in [5.41, 5.74) is 2.19. The number of anilines is 1. The summed E-state index contributed by atoms with van der Waals surface area (Å²) in [7, 11) is 0. The van der Waals surface area contributed by atoms with Crippen LogP contribution in [0.3, 0.4) is 0 Å². The summed E-state index contributed by atoms with van der Waals surface area (Å²) < 4.78 is 0. The Balaban J connectivity index is 1.77. The van der Waals surface area contributed by atoms with Crippen molar-refractivity contribution in [3.8, 4) is 0 Å². The van der Waals surface area contributed by atoms with Crippen LogP contribution >= 0.6 is 12.2 Å². The van der Waals surface area contributed by atoms with E-state index in [-0.39, 0.29) is 11.4 Å². The van der Waals surface area contributed by atoms with Crippen molar-refractivity contribution in [2.24, 2.45) is 0 Å². The number of carbonyl (C=O) groups excluding carboxylic acids is 1. The topological polar surface area (TPSA) is 44.4 Å². The van der Waals surface area contributed by atoms with Gasteiger partial charge in [0.05, 0.1) is 0 Å². The second-order valence-corrected chi connectivity index (χ2v) is 8.38. The Morgan fingerprint density at radius 3 is 2.56 bits per heavy atom. The number of nitrogens with one attached hydrogen (secondary N) is 2. The molecule has 5 heteroatoms. The van der Waals surface area contributed by atoms with Gasteiger partial charge in [0.2, 0.25) is 5.91 Å². The minimum atomic E-state index is 0.0481. The number of nitrogens with zero attached hydrogens (tertiary/aromatic N) is 1. The quantitative estimate of drug-likeness (QED) is 0.743. The first-order chi connectivity index (χ1) is 11.7. The van der Waals surface area contributed by atoms with E-state index >= 15 is 0 Å². The molecule has 1 saturated heterocycles. The molecule has 1 amide bonds. The van der Waals surface area contributed by atoms with E-state index in [1.54, 1.807) is 0 Å². The molecule has 0 radical (unpaired) electrons. The Morgan fingerprint density at radius 2 is 2.00 bits per heavy atom. The fourth-order valence-electron chi connectivity index (χ4n) is 3.37. The van der Waals surface area contributed by atoms with Crippen molar-refractivity contribution in [2.45, 2.75) is 71.4 Å². The van der Waals surface area contributed by atoms with Crippen molar-refractivity contribution in [3.63, 3.8) is 0 Å². The van der Waals surface area contributed by atoms with E-state index in [2.05, 4.69) is 62.3 Å². The summed E-state index contributed by atoms with van der Waals surface area (Å²) in [5.74, 6) is 0.555. The zero-order valence-electron chi connectivity index (χ0n) is 16.1. The van der Waals surface area contributed by atoms with Gasteiger partial charge >= 0.3 is 0 Å². The van der Waals surface area contributed by atoms with Crippen LogP contribution in [-0.2, 0) is 4.79 Å². The lowest BCUT2D eigenvalue weighted by Crippen LogP contribution is -2.60. The highest BCUT2D eigenvalue weighted by Gasteiger charge is 2.32. The summed E-state index contributed by atoms with van der Waals surface area (Å²) in [5, 5.41) is 7.16. The molecular weight excluding hydrogens is 330 g/mol. The molecule has 1 aromatic carbocycles. The molecule has 0 bridgehead atoms. The van der Waals surface area contributed by atoms with Gasteiger partial charge in [0, 0.05) is 30.2 Å². The van der Waals surface area contributed by atoms with Crippen LogP contribution in [0, 0.1) is 0 Å². The average molecular weight is 362 g/mol. The van der Waals surface area contributed by atoms with Gasteiger partial charge < -0.3 is 15.5 Å². The van der Waals surface area contributed by atoms with E-state index in [9.17, 15) is 4.79 Å². The van der Waals surface area contributed by atoms with Crippen molar-refractivity contribution < 1.29 is 4.79 Å². The molecule has 1 aliphatic rings. The smallest absolute Gasteiger partial charge is 0.224 e. The molecule has 1 aromatic rings. The summed E-state index contributed by atoms with van der Waals surface area (Å²) >= 11 is 5.48. The van der Waals surface area contributed by atoms with Gasteiger partial charge in [-0.3, -0.25) is 4.79 Å². The van der Waals surface area contributed by atoms with Crippen LogP contribution in [0.4, 0.5) is 5.69 Å². The third kappa shape index (κ3) is 5.70. The molecule has 1 fully saturated rings. The molecule has 1 heterocycles. The van der Waals surface area contributed by atoms with Crippen molar-refractivity contribution >= 4 is 28.9 Å². The summed E-state index contributed by atoms with van der Waals surface area (Å²) in [6, 6.07) is 8.49. The maximum atomic E-state index is 12.2. The van der Waals surface area contributed by atoms with E-state index in [0.717, 1.165) is 30.2 Å². The Bertz CT molecular complexity index is 610. The van der Waals surface area contributed by atoms with Gasteiger partial charge in [-0.2, -0.15) is 0 Å². The SMILES string of the molecule is CC(C)c1ccc(NC(=O)CCCN2C(=S)NC(C)(C)C[C@H]2C)cc1. The van der Waals surface area contributed by atoms with Crippen LogP contribution in [0.15, 0.2) is 24.3 Å². The molecule has 25 heavy (non-hydrogen) atoms. The number of benzene rings is 1. The minimum Gasteiger partial charge on any atom is -0.358 e. The predicted octanol–water partition coefficient (Wildman–Crippen LogP) is 4.28. The zero-order chi connectivity index (χ0) is 18.6. The first-order valence-corrected chi connectivity index (χ1v) is 9.57. The third-order valence-corrected chi connectivity index (χ3v) is 5.04. The third-order valence-electron chi connectivity index (χ3n) is 4.71. The number of amides is 1. The van der Waals surface area contributed by atoms with Crippen LogP contribution < -0.4 is 10.6 Å². The Morgan fingerprint density at radius 1 is 1.36 bits per heavy atom. The lowest BCUT2D eigenvalue weighted by molar-refractivity contribution is -0.116. The van der Waals surface area contributed by atoms with E-state index in [4.69, 9.17) is 12.2 Å². The first-order valence-electron chi connectivity index (χ1n) is 9.16. The van der Waals surface area contributed by atoms with Crippen LogP contribution in [0.1, 0.15) is 65.4 Å². The number of hydrogen-bond donors (Lipinski definition) is 2.